The minimum absolute atomic E-state index is 0.0849. The molecule has 0 saturated carbocycles. The zero-order valence-corrected chi connectivity index (χ0v) is 12.7. The van der Waals surface area contributed by atoms with Crippen LogP contribution in [-0.2, 0) is 4.74 Å². The molecule has 21 heavy (non-hydrogen) atoms. The number of amides is 1. The molecule has 0 aliphatic carbocycles. The Balaban J connectivity index is 2.54. The number of ether oxygens (including phenoxy) is 2. The molecule has 114 valence electrons. The molecule has 1 N–H and O–H groups in total. The Morgan fingerprint density at radius 3 is 2.67 bits per heavy atom. The van der Waals surface area contributed by atoms with Crippen LogP contribution in [0.3, 0.4) is 0 Å². The lowest BCUT2D eigenvalue weighted by atomic mass is 10.2. The average molecular weight is 293 g/mol. The Kier molecular flexibility index (Phi) is 6.04. The van der Waals surface area contributed by atoms with E-state index in [-0.39, 0.29) is 12.1 Å². The topological polar surface area (TPSA) is 47.6 Å². The summed E-state index contributed by atoms with van der Waals surface area (Å²) in [5.41, 5.74) is -0.303. The van der Waals surface area contributed by atoms with Gasteiger partial charge in [-0.15, -0.1) is 0 Å². The van der Waals surface area contributed by atoms with Crippen LogP contribution in [0.4, 0.5) is 9.18 Å². The average Bonchev–Trinajstić information content (AvgIpc) is 2.35. The van der Waals surface area contributed by atoms with Crippen LogP contribution < -0.4 is 10.1 Å². The summed E-state index contributed by atoms with van der Waals surface area (Å²) in [4.78, 5) is 11.4. The van der Waals surface area contributed by atoms with Crippen molar-refractivity contribution in [3.8, 4) is 17.6 Å². The molecule has 0 aliphatic rings. The van der Waals surface area contributed by atoms with Crippen molar-refractivity contribution < 1.29 is 18.7 Å². The molecule has 0 atom stereocenters. The molecule has 0 aliphatic heterocycles. The van der Waals surface area contributed by atoms with Gasteiger partial charge in [0, 0.05) is 6.07 Å². The molecule has 1 aromatic carbocycles. The maximum absolute atomic E-state index is 13.7. The Hall–Kier alpha value is -2.22. The highest BCUT2D eigenvalue weighted by atomic mass is 19.1. The second-order valence-electron chi connectivity index (χ2n) is 5.23. The Labute approximate surface area is 124 Å². The van der Waals surface area contributed by atoms with Crippen molar-refractivity contribution in [3.05, 3.63) is 29.6 Å². The highest BCUT2D eigenvalue weighted by molar-refractivity contribution is 5.68. The maximum atomic E-state index is 13.7. The Morgan fingerprint density at radius 2 is 2.10 bits per heavy atom. The SMILES string of the molecule is CCOc1ccc(C#CCNC(=O)OC(C)(C)C)c(F)c1. The van der Waals surface area contributed by atoms with Crippen molar-refractivity contribution >= 4 is 6.09 Å². The van der Waals surface area contributed by atoms with Crippen LogP contribution in [0.1, 0.15) is 33.3 Å². The van der Waals surface area contributed by atoms with Crippen LogP contribution in [0.25, 0.3) is 0 Å². The first-order valence-corrected chi connectivity index (χ1v) is 6.70. The van der Waals surface area contributed by atoms with Gasteiger partial charge in [-0.3, -0.25) is 0 Å². The highest BCUT2D eigenvalue weighted by Gasteiger charge is 2.15. The second kappa shape index (κ2) is 7.53. The third-order valence-corrected chi connectivity index (χ3v) is 2.19. The number of carbonyl (C=O) groups excluding carboxylic acids is 1. The second-order valence-corrected chi connectivity index (χ2v) is 5.23. The minimum atomic E-state index is -0.557. The summed E-state index contributed by atoms with van der Waals surface area (Å²) in [5.74, 6) is 5.33. The van der Waals surface area contributed by atoms with Gasteiger partial charge >= 0.3 is 6.09 Å². The summed E-state index contributed by atoms with van der Waals surface area (Å²) in [6, 6.07) is 4.48. The number of halogens is 1. The minimum Gasteiger partial charge on any atom is -0.494 e. The van der Waals surface area contributed by atoms with Gasteiger partial charge in [0.1, 0.15) is 17.2 Å². The largest absolute Gasteiger partial charge is 0.494 e. The zero-order chi connectivity index (χ0) is 15.9. The van der Waals surface area contributed by atoms with Gasteiger partial charge in [0.05, 0.1) is 18.7 Å². The summed E-state index contributed by atoms with van der Waals surface area (Å²) in [7, 11) is 0. The quantitative estimate of drug-likeness (QED) is 0.871. The molecule has 0 saturated heterocycles. The molecule has 0 fully saturated rings. The fourth-order valence-corrected chi connectivity index (χ4v) is 1.42. The van der Waals surface area contributed by atoms with Crippen molar-refractivity contribution in [2.24, 2.45) is 0 Å². The van der Waals surface area contributed by atoms with Crippen molar-refractivity contribution in [1.82, 2.24) is 5.32 Å². The standard InChI is InChI=1S/C16H20FNO3/c1-5-20-13-9-8-12(14(17)11-13)7-6-10-18-15(19)21-16(2,3)4/h8-9,11H,5,10H2,1-4H3,(H,18,19). The predicted molar refractivity (Wildman–Crippen MR) is 78.7 cm³/mol. The van der Waals surface area contributed by atoms with Crippen LogP contribution >= 0.6 is 0 Å². The number of rotatable bonds is 3. The third-order valence-electron chi connectivity index (χ3n) is 2.19. The molecule has 0 bridgehead atoms. The molecule has 0 spiro atoms. The first kappa shape index (κ1) is 16.8. The Bertz CT molecular complexity index is 553. The highest BCUT2D eigenvalue weighted by Crippen LogP contribution is 2.15. The maximum Gasteiger partial charge on any atom is 0.408 e. The molecular formula is C16H20FNO3. The molecule has 0 heterocycles. The number of hydrogen-bond donors (Lipinski definition) is 1. The fourth-order valence-electron chi connectivity index (χ4n) is 1.42. The van der Waals surface area contributed by atoms with Gasteiger partial charge in [0.2, 0.25) is 0 Å². The van der Waals surface area contributed by atoms with Crippen molar-refractivity contribution in [3.63, 3.8) is 0 Å². The molecule has 5 heteroatoms. The van der Waals surface area contributed by atoms with Gasteiger partial charge in [0.15, 0.2) is 0 Å². The Morgan fingerprint density at radius 1 is 1.38 bits per heavy atom. The lowest BCUT2D eigenvalue weighted by Crippen LogP contribution is -2.32. The van der Waals surface area contributed by atoms with Gasteiger partial charge in [-0.2, -0.15) is 0 Å². The van der Waals surface area contributed by atoms with Crippen molar-refractivity contribution in [1.29, 1.82) is 0 Å². The summed E-state index contributed by atoms with van der Waals surface area (Å²) in [6.45, 7) is 7.70. The number of nitrogens with one attached hydrogen (secondary N) is 1. The predicted octanol–water partition coefficient (Wildman–Crippen LogP) is 3.10. The van der Waals surface area contributed by atoms with Gasteiger partial charge in [-0.25, -0.2) is 9.18 Å². The monoisotopic (exact) mass is 293 g/mol. The van der Waals surface area contributed by atoms with Gasteiger partial charge < -0.3 is 14.8 Å². The van der Waals surface area contributed by atoms with E-state index in [1.807, 2.05) is 6.92 Å². The zero-order valence-electron chi connectivity index (χ0n) is 12.7. The van der Waals surface area contributed by atoms with Crippen LogP contribution in [0.2, 0.25) is 0 Å². The first-order valence-electron chi connectivity index (χ1n) is 6.70. The fraction of sp³-hybridized carbons (Fsp3) is 0.438. The molecule has 0 unspecified atom stereocenters. The molecule has 1 aromatic rings. The molecule has 4 nitrogen and oxygen atoms in total. The number of hydrogen-bond acceptors (Lipinski definition) is 3. The van der Waals surface area contributed by atoms with E-state index in [1.54, 1.807) is 32.9 Å². The van der Waals surface area contributed by atoms with Crippen LogP contribution in [0.15, 0.2) is 18.2 Å². The normalized spacial score (nSPS) is 10.3. The summed E-state index contributed by atoms with van der Waals surface area (Å²) in [5, 5.41) is 2.48. The van der Waals surface area contributed by atoms with E-state index in [4.69, 9.17) is 9.47 Å². The van der Waals surface area contributed by atoms with Crippen molar-refractivity contribution in [2.75, 3.05) is 13.2 Å². The van der Waals surface area contributed by atoms with E-state index in [1.165, 1.54) is 6.07 Å². The smallest absolute Gasteiger partial charge is 0.408 e. The molecular weight excluding hydrogens is 273 g/mol. The van der Waals surface area contributed by atoms with Crippen molar-refractivity contribution in [2.45, 2.75) is 33.3 Å². The van der Waals surface area contributed by atoms with Gasteiger partial charge in [0.25, 0.3) is 0 Å². The molecule has 0 radical (unpaired) electrons. The lowest BCUT2D eigenvalue weighted by molar-refractivity contribution is 0.0535. The van der Waals surface area contributed by atoms with Gasteiger partial charge in [-0.1, -0.05) is 11.8 Å². The van der Waals surface area contributed by atoms with E-state index in [2.05, 4.69) is 17.2 Å². The van der Waals surface area contributed by atoms with E-state index in [0.29, 0.717) is 12.4 Å². The summed E-state index contributed by atoms with van der Waals surface area (Å²) >= 11 is 0. The molecule has 1 rings (SSSR count). The summed E-state index contributed by atoms with van der Waals surface area (Å²) in [6.07, 6.45) is -0.552. The summed E-state index contributed by atoms with van der Waals surface area (Å²) < 4.78 is 23.9. The number of benzene rings is 1. The van der Waals surface area contributed by atoms with Gasteiger partial charge in [-0.05, 0) is 39.8 Å². The van der Waals surface area contributed by atoms with Crippen LogP contribution in [-0.4, -0.2) is 24.8 Å². The third kappa shape index (κ3) is 6.66. The van der Waals surface area contributed by atoms with E-state index in [9.17, 15) is 9.18 Å². The van der Waals surface area contributed by atoms with E-state index < -0.39 is 17.5 Å². The lowest BCUT2D eigenvalue weighted by Gasteiger charge is -2.18. The van der Waals surface area contributed by atoms with E-state index >= 15 is 0 Å². The number of carbonyl (C=O) groups is 1. The molecule has 0 aromatic heterocycles. The van der Waals surface area contributed by atoms with Crippen LogP contribution in [0, 0.1) is 17.7 Å². The molecule has 1 amide bonds. The number of alkyl carbamates (subject to hydrolysis) is 1. The first-order chi connectivity index (χ1) is 9.81. The van der Waals surface area contributed by atoms with E-state index in [0.717, 1.165) is 0 Å². The van der Waals surface area contributed by atoms with Crippen LogP contribution in [0.5, 0.6) is 5.75 Å².